The Kier molecular flexibility index (Phi) is 4.59. The van der Waals surface area contributed by atoms with Crippen LogP contribution in [0.5, 0.6) is 0 Å². The maximum Gasteiger partial charge on any atom is 0.252 e. The van der Waals surface area contributed by atoms with Gasteiger partial charge in [-0.25, -0.2) is 0 Å². The maximum atomic E-state index is 12.7. The largest absolute Gasteiger partial charge is 0.350 e. The molecule has 23 heavy (non-hydrogen) atoms. The second kappa shape index (κ2) is 6.64. The van der Waals surface area contributed by atoms with Crippen molar-refractivity contribution in [2.24, 2.45) is 0 Å². The molecule has 0 saturated carbocycles. The van der Waals surface area contributed by atoms with E-state index in [1.807, 2.05) is 37.3 Å². The van der Waals surface area contributed by atoms with Crippen LogP contribution in [0.4, 0.5) is 0 Å². The van der Waals surface area contributed by atoms with Gasteiger partial charge in [0.05, 0.1) is 11.1 Å². The van der Waals surface area contributed by atoms with Crippen LogP contribution in [0, 0.1) is 6.92 Å². The number of benzene rings is 1. The summed E-state index contributed by atoms with van der Waals surface area (Å²) >= 11 is 0. The van der Waals surface area contributed by atoms with Crippen LogP contribution in [0.15, 0.2) is 30.3 Å². The predicted molar refractivity (Wildman–Crippen MR) is 92.7 cm³/mol. The quantitative estimate of drug-likeness (QED) is 0.933. The summed E-state index contributed by atoms with van der Waals surface area (Å²) in [6, 6.07) is 10.0. The van der Waals surface area contributed by atoms with Crippen LogP contribution in [0.1, 0.15) is 16.1 Å². The van der Waals surface area contributed by atoms with Gasteiger partial charge in [0.25, 0.3) is 5.91 Å². The van der Waals surface area contributed by atoms with E-state index in [0.717, 1.165) is 36.2 Å². The lowest BCUT2D eigenvalue weighted by Crippen LogP contribution is -2.54. The van der Waals surface area contributed by atoms with E-state index in [1.54, 1.807) is 0 Å². The fourth-order valence-corrected chi connectivity index (χ4v) is 3.12. The molecule has 0 radical (unpaired) electrons. The highest BCUT2D eigenvalue weighted by molar-refractivity contribution is 6.06. The molecule has 1 unspecified atom stereocenters. The molecule has 1 aliphatic heterocycles. The Balaban J connectivity index is 1.76. The van der Waals surface area contributed by atoms with Gasteiger partial charge in [-0.15, -0.1) is 0 Å². The molecule has 5 nitrogen and oxygen atoms in total. The van der Waals surface area contributed by atoms with Gasteiger partial charge < -0.3 is 10.2 Å². The molecule has 0 aliphatic carbocycles. The number of hydrogen-bond donors (Lipinski definition) is 1. The first-order valence-electron chi connectivity index (χ1n) is 8.08. The van der Waals surface area contributed by atoms with Gasteiger partial charge in [-0.2, -0.15) is 0 Å². The molecule has 122 valence electrons. The van der Waals surface area contributed by atoms with Crippen molar-refractivity contribution in [2.75, 3.05) is 40.3 Å². The van der Waals surface area contributed by atoms with E-state index in [2.05, 4.69) is 34.2 Å². The second-order valence-corrected chi connectivity index (χ2v) is 6.44. The number of amides is 1. The van der Waals surface area contributed by atoms with E-state index in [-0.39, 0.29) is 5.91 Å². The van der Waals surface area contributed by atoms with Crippen molar-refractivity contribution < 1.29 is 4.79 Å². The van der Waals surface area contributed by atoms with Crippen LogP contribution < -0.4 is 5.32 Å². The summed E-state index contributed by atoms with van der Waals surface area (Å²) in [5, 5.41) is 4.01. The zero-order valence-electron chi connectivity index (χ0n) is 14.0. The normalized spacial score (nSPS) is 19.9. The Morgan fingerprint density at radius 3 is 2.91 bits per heavy atom. The molecule has 1 aromatic carbocycles. The second-order valence-electron chi connectivity index (χ2n) is 6.44. The lowest BCUT2D eigenvalue weighted by Gasteiger charge is -2.37. The third kappa shape index (κ3) is 3.51. The fourth-order valence-electron chi connectivity index (χ4n) is 3.12. The number of fused-ring (bicyclic) bond motifs is 1. The zero-order chi connectivity index (χ0) is 16.4. The lowest BCUT2D eigenvalue weighted by molar-refractivity contribution is 0.0882. The van der Waals surface area contributed by atoms with Gasteiger partial charge in [-0.05, 0) is 33.2 Å². The first-order chi connectivity index (χ1) is 11.0. The molecule has 1 aliphatic rings. The van der Waals surface area contributed by atoms with E-state index >= 15 is 0 Å². The van der Waals surface area contributed by atoms with Crippen LogP contribution >= 0.6 is 0 Å². The SMILES string of the molecule is Cc1cc(C(=O)NCC2CN(C)CCN2C)c2ccccc2n1. The number of pyridine rings is 1. The summed E-state index contributed by atoms with van der Waals surface area (Å²) in [6.45, 7) is 5.68. The fraction of sp³-hybridized carbons (Fsp3) is 0.444. The molecule has 2 aromatic rings. The number of carbonyl (C=O) groups excluding carboxylic acids is 1. The Labute approximate surface area is 137 Å². The number of nitrogens with zero attached hydrogens (tertiary/aromatic N) is 3. The summed E-state index contributed by atoms with van der Waals surface area (Å²) in [4.78, 5) is 21.8. The third-order valence-electron chi connectivity index (χ3n) is 4.57. The standard InChI is InChI=1S/C18H24N4O/c1-13-10-16(15-6-4-5-7-17(15)20-13)18(23)19-11-14-12-21(2)8-9-22(14)3/h4-7,10,14H,8-9,11-12H2,1-3H3,(H,19,23). The van der Waals surface area contributed by atoms with Crippen molar-refractivity contribution in [1.29, 1.82) is 0 Å². The minimum absolute atomic E-state index is 0.0201. The van der Waals surface area contributed by atoms with Gasteiger partial charge in [0, 0.05) is 43.3 Å². The molecule has 1 N–H and O–H groups in total. The first-order valence-corrected chi connectivity index (χ1v) is 8.08. The molecular formula is C18H24N4O. The number of nitrogens with one attached hydrogen (secondary N) is 1. The highest BCUT2D eigenvalue weighted by Crippen LogP contribution is 2.18. The minimum atomic E-state index is -0.0201. The highest BCUT2D eigenvalue weighted by Gasteiger charge is 2.23. The van der Waals surface area contributed by atoms with Crippen molar-refractivity contribution in [2.45, 2.75) is 13.0 Å². The Bertz CT molecular complexity index is 715. The van der Waals surface area contributed by atoms with Crippen LogP contribution in [0.3, 0.4) is 0 Å². The van der Waals surface area contributed by atoms with E-state index in [1.165, 1.54) is 0 Å². The summed E-state index contributed by atoms with van der Waals surface area (Å²) in [5.74, 6) is -0.0201. The summed E-state index contributed by atoms with van der Waals surface area (Å²) < 4.78 is 0. The number of para-hydroxylation sites is 1. The van der Waals surface area contributed by atoms with E-state index in [4.69, 9.17) is 0 Å². The topological polar surface area (TPSA) is 48.5 Å². The highest BCUT2D eigenvalue weighted by atomic mass is 16.1. The van der Waals surface area contributed by atoms with Crippen LogP contribution in [0.2, 0.25) is 0 Å². The first kappa shape index (κ1) is 15.9. The number of aryl methyl sites for hydroxylation is 1. The van der Waals surface area contributed by atoms with Crippen molar-refractivity contribution in [3.8, 4) is 0 Å². The molecule has 0 bridgehead atoms. The molecular weight excluding hydrogens is 288 g/mol. The molecule has 1 atom stereocenters. The van der Waals surface area contributed by atoms with E-state index < -0.39 is 0 Å². The van der Waals surface area contributed by atoms with Crippen LogP contribution in [-0.2, 0) is 0 Å². The number of rotatable bonds is 3. The maximum absolute atomic E-state index is 12.7. The van der Waals surface area contributed by atoms with Gasteiger partial charge >= 0.3 is 0 Å². The summed E-state index contributed by atoms with van der Waals surface area (Å²) in [6.07, 6.45) is 0. The van der Waals surface area contributed by atoms with Crippen LogP contribution in [-0.4, -0.2) is 67.0 Å². The van der Waals surface area contributed by atoms with Gasteiger partial charge in [0.2, 0.25) is 0 Å². The molecule has 2 heterocycles. The third-order valence-corrected chi connectivity index (χ3v) is 4.57. The van der Waals surface area contributed by atoms with Gasteiger partial charge in [-0.3, -0.25) is 14.7 Å². The Hall–Kier alpha value is -1.98. The Morgan fingerprint density at radius 2 is 2.09 bits per heavy atom. The van der Waals surface area contributed by atoms with Crippen LogP contribution in [0.25, 0.3) is 10.9 Å². The summed E-state index contributed by atoms with van der Waals surface area (Å²) in [5.41, 5.74) is 2.44. The molecule has 1 amide bonds. The van der Waals surface area contributed by atoms with E-state index in [9.17, 15) is 4.79 Å². The smallest absolute Gasteiger partial charge is 0.252 e. The molecule has 1 saturated heterocycles. The monoisotopic (exact) mass is 312 g/mol. The number of hydrogen-bond acceptors (Lipinski definition) is 4. The number of likely N-dealkylation sites (N-methyl/N-ethyl adjacent to an activating group) is 2. The Morgan fingerprint density at radius 1 is 1.30 bits per heavy atom. The molecule has 1 aromatic heterocycles. The van der Waals surface area contributed by atoms with Crippen molar-refractivity contribution >= 4 is 16.8 Å². The molecule has 3 rings (SSSR count). The van der Waals surface area contributed by atoms with E-state index in [0.29, 0.717) is 18.2 Å². The number of aromatic nitrogens is 1. The lowest BCUT2D eigenvalue weighted by atomic mass is 10.1. The molecule has 0 spiro atoms. The summed E-state index contributed by atoms with van der Waals surface area (Å²) in [7, 11) is 4.25. The average Bonchev–Trinajstić information content (AvgIpc) is 2.54. The number of carbonyl (C=O) groups is 1. The van der Waals surface area contributed by atoms with Gasteiger partial charge in [-0.1, -0.05) is 18.2 Å². The van der Waals surface area contributed by atoms with Gasteiger partial charge in [0.15, 0.2) is 0 Å². The van der Waals surface area contributed by atoms with Gasteiger partial charge in [0.1, 0.15) is 0 Å². The van der Waals surface area contributed by atoms with Crippen molar-refractivity contribution in [3.63, 3.8) is 0 Å². The zero-order valence-corrected chi connectivity index (χ0v) is 14.0. The van der Waals surface area contributed by atoms with Crippen molar-refractivity contribution in [1.82, 2.24) is 20.1 Å². The predicted octanol–water partition coefficient (Wildman–Crippen LogP) is 1.52. The molecule has 5 heteroatoms. The minimum Gasteiger partial charge on any atom is -0.350 e. The molecule has 1 fully saturated rings. The van der Waals surface area contributed by atoms with Crippen molar-refractivity contribution in [3.05, 3.63) is 41.6 Å². The number of piperazine rings is 1. The average molecular weight is 312 g/mol.